The maximum atomic E-state index is 5.19. The molecular weight excluding hydrogens is 216 g/mol. The average molecular weight is 232 g/mol. The van der Waals surface area contributed by atoms with Crippen LogP contribution in [0.1, 0.15) is 18.8 Å². The second-order valence-electron chi connectivity index (χ2n) is 3.82. The van der Waals surface area contributed by atoms with Crippen LogP contribution in [0.3, 0.4) is 0 Å². The lowest BCUT2D eigenvalue weighted by Gasteiger charge is -2.16. The van der Waals surface area contributed by atoms with E-state index in [1.165, 1.54) is 0 Å². The third-order valence-electron chi connectivity index (χ3n) is 2.58. The second-order valence-corrected chi connectivity index (χ2v) is 3.82. The lowest BCUT2D eigenvalue weighted by Crippen LogP contribution is -2.12. The summed E-state index contributed by atoms with van der Waals surface area (Å²) in [4.78, 5) is 8.45. The van der Waals surface area contributed by atoms with E-state index in [-0.39, 0.29) is 6.04 Å². The summed E-state index contributed by atoms with van der Waals surface area (Å²) in [6, 6.07) is 3.90. The van der Waals surface area contributed by atoms with Crippen molar-refractivity contribution in [2.75, 3.05) is 12.4 Å². The molecule has 1 N–H and O–H groups in total. The van der Waals surface area contributed by atoms with Crippen molar-refractivity contribution < 1.29 is 4.74 Å². The van der Waals surface area contributed by atoms with Gasteiger partial charge in [-0.15, -0.1) is 0 Å². The minimum absolute atomic E-state index is 0.0908. The molecule has 2 rings (SSSR count). The summed E-state index contributed by atoms with van der Waals surface area (Å²) in [6.45, 7) is 2.05. The quantitative estimate of drug-likeness (QED) is 0.876. The van der Waals surface area contributed by atoms with Gasteiger partial charge in [-0.05, 0) is 19.1 Å². The molecule has 0 amide bonds. The van der Waals surface area contributed by atoms with Crippen LogP contribution < -0.4 is 10.1 Å². The van der Waals surface area contributed by atoms with Gasteiger partial charge in [0.1, 0.15) is 5.82 Å². The highest BCUT2D eigenvalue weighted by Gasteiger charge is 2.12. The van der Waals surface area contributed by atoms with Gasteiger partial charge in [0.25, 0.3) is 0 Å². The molecule has 1 atom stereocenters. The topological polar surface area (TPSA) is 52.0 Å². The second kappa shape index (κ2) is 4.86. The molecule has 0 saturated heterocycles. The first-order valence-corrected chi connectivity index (χ1v) is 5.45. The van der Waals surface area contributed by atoms with E-state index >= 15 is 0 Å². The molecule has 0 bridgehead atoms. The van der Waals surface area contributed by atoms with Crippen LogP contribution in [-0.4, -0.2) is 21.6 Å². The Kier molecular flexibility index (Phi) is 3.27. The van der Waals surface area contributed by atoms with E-state index in [2.05, 4.69) is 22.2 Å². The fraction of sp³-hybridized carbons (Fsp3) is 0.333. The molecule has 0 aliphatic carbocycles. The van der Waals surface area contributed by atoms with Gasteiger partial charge in [-0.25, -0.2) is 9.97 Å². The maximum absolute atomic E-state index is 5.19. The normalized spacial score (nSPS) is 12.2. The Labute approximate surface area is 100 Å². The third kappa shape index (κ3) is 2.38. The van der Waals surface area contributed by atoms with Gasteiger partial charge in [0.05, 0.1) is 18.8 Å². The van der Waals surface area contributed by atoms with Crippen LogP contribution >= 0.6 is 0 Å². The molecule has 2 heterocycles. The lowest BCUT2D eigenvalue weighted by molar-refractivity contribution is 0.399. The van der Waals surface area contributed by atoms with Gasteiger partial charge in [0.2, 0.25) is 5.88 Å². The summed E-state index contributed by atoms with van der Waals surface area (Å²) in [5.74, 6) is 1.56. The molecule has 0 aliphatic heterocycles. The van der Waals surface area contributed by atoms with Crippen LogP contribution in [0, 0.1) is 0 Å². The van der Waals surface area contributed by atoms with Gasteiger partial charge in [-0.3, -0.25) is 0 Å². The zero-order valence-electron chi connectivity index (χ0n) is 10.2. The number of anilines is 1. The molecular formula is C12H16N4O. The zero-order valence-corrected chi connectivity index (χ0v) is 10.2. The standard InChI is InChI=1S/C12H16N4O/c1-9(11-13-7-8-16(11)2)15-10-5-4-6-14-12(10)17-3/h4-9,15H,1-3H3. The van der Waals surface area contributed by atoms with E-state index in [0.29, 0.717) is 5.88 Å². The molecule has 1 unspecified atom stereocenters. The minimum Gasteiger partial charge on any atom is -0.480 e. The highest BCUT2D eigenvalue weighted by molar-refractivity contribution is 5.52. The van der Waals surface area contributed by atoms with Gasteiger partial charge in [-0.2, -0.15) is 0 Å². The number of rotatable bonds is 4. The van der Waals surface area contributed by atoms with Crippen molar-refractivity contribution in [3.05, 3.63) is 36.5 Å². The SMILES string of the molecule is COc1ncccc1NC(C)c1nccn1C. The van der Waals surface area contributed by atoms with Crippen LogP contribution in [0.4, 0.5) is 5.69 Å². The van der Waals surface area contributed by atoms with Gasteiger partial charge < -0.3 is 14.6 Å². The number of methoxy groups -OCH3 is 1. The van der Waals surface area contributed by atoms with Crippen molar-refractivity contribution in [2.24, 2.45) is 7.05 Å². The number of hydrogen-bond acceptors (Lipinski definition) is 4. The average Bonchev–Trinajstić information content (AvgIpc) is 2.76. The van der Waals surface area contributed by atoms with E-state index in [4.69, 9.17) is 4.74 Å². The van der Waals surface area contributed by atoms with E-state index < -0.39 is 0 Å². The number of imidazole rings is 1. The molecule has 0 aliphatic rings. The Morgan fingerprint density at radius 1 is 1.35 bits per heavy atom. The van der Waals surface area contributed by atoms with Crippen LogP contribution in [0.5, 0.6) is 5.88 Å². The molecule has 0 spiro atoms. The first-order chi connectivity index (χ1) is 8.22. The smallest absolute Gasteiger partial charge is 0.237 e. The fourth-order valence-corrected chi connectivity index (χ4v) is 1.76. The lowest BCUT2D eigenvalue weighted by atomic mass is 10.3. The van der Waals surface area contributed by atoms with Crippen LogP contribution in [0.25, 0.3) is 0 Å². The number of nitrogens with zero attached hydrogens (tertiary/aromatic N) is 3. The van der Waals surface area contributed by atoms with E-state index in [0.717, 1.165) is 11.5 Å². The van der Waals surface area contributed by atoms with Crippen molar-refractivity contribution >= 4 is 5.69 Å². The molecule has 0 aromatic carbocycles. The van der Waals surface area contributed by atoms with Crippen molar-refractivity contribution in [2.45, 2.75) is 13.0 Å². The predicted octanol–water partition coefficient (Wildman–Crippen LogP) is 2.00. The van der Waals surface area contributed by atoms with Crippen molar-refractivity contribution in [1.29, 1.82) is 0 Å². The molecule has 5 nitrogen and oxygen atoms in total. The van der Waals surface area contributed by atoms with Gasteiger partial charge in [-0.1, -0.05) is 0 Å². The minimum atomic E-state index is 0.0908. The summed E-state index contributed by atoms with van der Waals surface area (Å²) in [5, 5.41) is 3.33. The fourth-order valence-electron chi connectivity index (χ4n) is 1.76. The molecule has 0 radical (unpaired) electrons. The number of ether oxygens (including phenoxy) is 1. The Morgan fingerprint density at radius 2 is 2.18 bits per heavy atom. The van der Waals surface area contributed by atoms with Crippen LogP contribution in [0.2, 0.25) is 0 Å². The largest absolute Gasteiger partial charge is 0.480 e. The number of nitrogens with one attached hydrogen (secondary N) is 1. The van der Waals surface area contributed by atoms with Gasteiger partial charge >= 0.3 is 0 Å². The summed E-state index contributed by atoms with van der Waals surface area (Å²) < 4.78 is 7.18. The summed E-state index contributed by atoms with van der Waals surface area (Å²) in [7, 11) is 3.58. The predicted molar refractivity (Wildman–Crippen MR) is 66.0 cm³/mol. The Morgan fingerprint density at radius 3 is 2.82 bits per heavy atom. The Hall–Kier alpha value is -2.04. The molecule has 17 heavy (non-hydrogen) atoms. The highest BCUT2D eigenvalue weighted by Crippen LogP contribution is 2.24. The molecule has 0 fully saturated rings. The Bertz CT molecular complexity index is 495. The molecule has 90 valence electrons. The number of hydrogen-bond donors (Lipinski definition) is 1. The number of pyridine rings is 1. The zero-order chi connectivity index (χ0) is 12.3. The summed E-state index contributed by atoms with van der Waals surface area (Å²) >= 11 is 0. The van der Waals surface area contributed by atoms with Gasteiger partial charge in [0, 0.05) is 25.6 Å². The molecule has 2 aromatic heterocycles. The van der Waals surface area contributed by atoms with Crippen molar-refractivity contribution in [3.8, 4) is 5.88 Å². The van der Waals surface area contributed by atoms with Crippen LogP contribution in [0.15, 0.2) is 30.7 Å². The van der Waals surface area contributed by atoms with Crippen molar-refractivity contribution in [1.82, 2.24) is 14.5 Å². The highest BCUT2D eigenvalue weighted by atomic mass is 16.5. The molecule has 2 aromatic rings. The molecule has 0 saturated carbocycles. The molecule has 5 heteroatoms. The monoisotopic (exact) mass is 232 g/mol. The third-order valence-corrected chi connectivity index (χ3v) is 2.58. The first kappa shape index (κ1) is 11.4. The van der Waals surface area contributed by atoms with Gasteiger partial charge in [0.15, 0.2) is 0 Å². The number of aryl methyl sites for hydroxylation is 1. The summed E-state index contributed by atoms with van der Waals surface area (Å²) in [5.41, 5.74) is 0.866. The maximum Gasteiger partial charge on any atom is 0.237 e. The van der Waals surface area contributed by atoms with E-state index in [1.807, 2.05) is 29.9 Å². The van der Waals surface area contributed by atoms with Crippen LogP contribution in [-0.2, 0) is 7.05 Å². The number of aromatic nitrogens is 3. The van der Waals surface area contributed by atoms with E-state index in [9.17, 15) is 0 Å². The Balaban J connectivity index is 2.18. The first-order valence-electron chi connectivity index (χ1n) is 5.45. The summed E-state index contributed by atoms with van der Waals surface area (Å²) in [6.07, 6.45) is 5.41. The van der Waals surface area contributed by atoms with Crippen molar-refractivity contribution in [3.63, 3.8) is 0 Å². The van der Waals surface area contributed by atoms with E-state index in [1.54, 1.807) is 19.5 Å².